The monoisotopic (exact) mass is 305 g/mol. The summed E-state index contributed by atoms with van der Waals surface area (Å²) in [6.07, 6.45) is 4.39. The van der Waals surface area contributed by atoms with Gasteiger partial charge in [-0.1, -0.05) is 11.6 Å². The maximum absolute atomic E-state index is 6.15. The van der Waals surface area contributed by atoms with Gasteiger partial charge in [0.1, 0.15) is 18.1 Å². The third-order valence-electron chi connectivity index (χ3n) is 3.67. The minimum Gasteiger partial charge on any atom is -0.486 e. The lowest BCUT2D eigenvalue weighted by Gasteiger charge is -2.08. The molecule has 1 aromatic carbocycles. The number of hydrogen-bond donors (Lipinski definition) is 1. The first-order valence-electron chi connectivity index (χ1n) is 7.31. The van der Waals surface area contributed by atoms with Crippen LogP contribution in [0.5, 0.6) is 5.75 Å². The highest BCUT2D eigenvalue weighted by Gasteiger charge is 2.20. The quantitative estimate of drug-likeness (QED) is 0.860. The first-order chi connectivity index (χ1) is 10.1. The Bertz CT molecular complexity index is 608. The van der Waals surface area contributed by atoms with E-state index in [2.05, 4.69) is 5.32 Å². The SMILES string of the molecule is Cc1cc(OCc2cc(CNC3CC3)co2)cc(C)c1Cl. The summed E-state index contributed by atoms with van der Waals surface area (Å²) >= 11 is 6.15. The van der Waals surface area contributed by atoms with E-state index in [1.54, 1.807) is 6.26 Å². The fraction of sp³-hybridized carbons (Fsp3) is 0.412. The normalized spacial score (nSPS) is 14.4. The van der Waals surface area contributed by atoms with Crippen molar-refractivity contribution >= 4 is 11.6 Å². The molecule has 21 heavy (non-hydrogen) atoms. The van der Waals surface area contributed by atoms with Crippen molar-refractivity contribution in [2.75, 3.05) is 0 Å². The van der Waals surface area contributed by atoms with Crippen LogP contribution in [0.1, 0.15) is 35.3 Å². The Morgan fingerprint density at radius 2 is 1.95 bits per heavy atom. The first-order valence-corrected chi connectivity index (χ1v) is 7.69. The number of aryl methyl sites for hydroxylation is 2. The summed E-state index contributed by atoms with van der Waals surface area (Å²) in [6.45, 7) is 5.27. The van der Waals surface area contributed by atoms with Crippen molar-refractivity contribution in [2.45, 2.75) is 45.9 Å². The third kappa shape index (κ3) is 3.80. The summed E-state index contributed by atoms with van der Waals surface area (Å²) in [5.74, 6) is 1.66. The Morgan fingerprint density at radius 1 is 1.24 bits per heavy atom. The van der Waals surface area contributed by atoms with Crippen LogP contribution in [0, 0.1) is 13.8 Å². The van der Waals surface area contributed by atoms with E-state index >= 15 is 0 Å². The van der Waals surface area contributed by atoms with Gasteiger partial charge in [0.2, 0.25) is 0 Å². The van der Waals surface area contributed by atoms with Gasteiger partial charge in [0, 0.05) is 23.2 Å². The minimum atomic E-state index is 0.434. The van der Waals surface area contributed by atoms with E-state index in [1.807, 2.05) is 32.0 Å². The van der Waals surface area contributed by atoms with Crippen molar-refractivity contribution in [3.63, 3.8) is 0 Å². The molecule has 0 spiro atoms. The molecule has 3 rings (SSSR count). The van der Waals surface area contributed by atoms with Crippen LogP contribution in [-0.2, 0) is 13.2 Å². The van der Waals surface area contributed by atoms with Crippen molar-refractivity contribution in [1.82, 2.24) is 5.32 Å². The van der Waals surface area contributed by atoms with E-state index in [-0.39, 0.29) is 0 Å². The molecule has 1 fully saturated rings. The number of hydrogen-bond acceptors (Lipinski definition) is 3. The molecule has 0 unspecified atom stereocenters. The maximum atomic E-state index is 6.15. The number of halogens is 1. The lowest BCUT2D eigenvalue weighted by Crippen LogP contribution is -2.14. The highest BCUT2D eigenvalue weighted by molar-refractivity contribution is 6.32. The van der Waals surface area contributed by atoms with Gasteiger partial charge < -0.3 is 14.5 Å². The second-order valence-corrected chi connectivity index (χ2v) is 6.11. The lowest BCUT2D eigenvalue weighted by atomic mass is 10.1. The van der Waals surface area contributed by atoms with E-state index in [4.69, 9.17) is 20.8 Å². The summed E-state index contributed by atoms with van der Waals surface area (Å²) < 4.78 is 11.3. The Balaban J connectivity index is 1.56. The highest BCUT2D eigenvalue weighted by Crippen LogP contribution is 2.26. The van der Waals surface area contributed by atoms with Gasteiger partial charge >= 0.3 is 0 Å². The second kappa shape index (κ2) is 6.12. The summed E-state index contributed by atoms with van der Waals surface area (Å²) in [6, 6.07) is 6.66. The molecule has 3 nitrogen and oxygen atoms in total. The smallest absolute Gasteiger partial charge is 0.146 e. The van der Waals surface area contributed by atoms with Gasteiger partial charge in [-0.25, -0.2) is 0 Å². The molecule has 1 aliphatic rings. The fourth-order valence-electron chi connectivity index (χ4n) is 2.29. The largest absolute Gasteiger partial charge is 0.486 e. The van der Waals surface area contributed by atoms with Gasteiger partial charge in [0.25, 0.3) is 0 Å². The van der Waals surface area contributed by atoms with E-state index < -0.39 is 0 Å². The first kappa shape index (κ1) is 14.5. The Labute approximate surface area is 130 Å². The van der Waals surface area contributed by atoms with Crippen molar-refractivity contribution in [2.24, 2.45) is 0 Å². The zero-order chi connectivity index (χ0) is 14.8. The van der Waals surface area contributed by atoms with Crippen LogP contribution in [0.15, 0.2) is 28.9 Å². The van der Waals surface area contributed by atoms with E-state index in [9.17, 15) is 0 Å². The van der Waals surface area contributed by atoms with Gasteiger partial charge in [-0.3, -0.25) is 0 Å². The Kier molecular flexibility index (Phi) is 4.22. The van der Waals surface area contributed by atoms with Crippen LogP contribution in [0.3, 0.4) is 0 Å². The number of nitrogens with one attached hydrogen (secondary N) is 1. The fourth-order valence-corrected chi connectivity index (χ4v) is 2.40. The van der Waals surface area contributed by atoms with Crippen molar-refractivity contribution in [3.05, 3.63) is 51.9 Å². The van der Waals surface area contributed by atoms with Gasteiger partial charge in [-0.05, 0) is 56.0 Å². The molecule has 0 atom stereocenters. The maximum Gasteiger partial charge on any atom is 0.146 e. The van der Waals surface area contributed by atoms with Crippen molar-refractivity contribution in [3.8, 4) is 5.75 Å². The molecule has 0 bridgehead atoms. The highest BCUT2D eigenvalue weighted by atomic mass is 35.5. The summed E-state index contributed by atoms with van der Waals surface area (Å²) in [5.41, 5.74) is 3.23. The molecule has 1 N–H and O–H groups in total. The Morgan fingerprint density at radius 3 is 2.62 bits per heavy atom. The molecule has 1 heterocycles. The molecule has 112 valence electrons. The zero-order valence-electron chi connectivity index (χ0n) is 12.4. The van der Waals surface area contributed by atoms with E-state index in [1.165, 1.54) is 18.4 Å². The average Bonchev–Trinajstić information content (AvgIpc) is 3.18. The molecule has 4 heteroatoms. The standard InChI is InChI=1S/C17H20ClNO2/c1-11-5-15(6-12(2)17(11)18)21-10-16-7-13(9-20-16)8-19-14-3-4-14/h5-7,9,14,19H,3-4,8,10H2,1-2H3. The summed E-state index contributed by atoms with van der Waals surface area (Å²) in [4.78, 5) is 0. The van der Waals surface area contributed by atoms with Crippen molar-refractivity contribution in [1.29, 1.82) is 0 Å². The summed E-state index contributed by atoms with van der Waals surface area (Å²) in [5, 5.41) is 4.27. The molecule has 0 amide bonds. The van der Waals surface area contributed by atoms with Crippen LogP contribution in [0.4, 0.5) is 0 Å². The van der Waals surface area contributed by atoms with Gasteiger partial charge in [-0.2, -0.15) is 0 Å². The third-order valence-corrected chi connectivity index (χ3v) is 4.27. The predicted molar refractivity (Wildman–Crippen MR) is 83.8 cm³/mol. The number of rotatable bonds is 6. The second-order valence-electron chi connectivity index (χ2n) is 5.74. The molecule has 0 saturated heterocycles. The van der Waals surface area contributed by atoms with Crippen LogP contribution in [-0.4, -0.2) is 6.04 Å². The molecule has 2 aromatic rings. The van der Waals surface area contributed by atoms with E-state index in [0.29, 0.717) is 12.6 Å². The van der Waals surface area contributed by atoms with Gasteiger partial charge in [-0.15, -0.1) is 0 Å². The number of benzene rings is 1. The average molecular weight is 306 g/mol. The molecule has 1 saturated carbocycles. The van der Waals surface area contributed by atoms with E-state index in [0.717, 1.165) is 34.2 Å². The topological polar surface area (TPSA) is 34.4 Å². The minimum absolute atomic E-state index is 0.434. The van der Waals surface area contributed by atoms with Crippen molar-refractivity contribution < 1.29 is 9.15 Å². The molecular weight excluding hydrogens is 286 g/mol. The van der Waals surface area contributed by atoms with Crippen LogP contribution in [0.2, 0.25) is 5.02 Å². The van der Waals surface area contributed by atoms with Crippen LogP contribution < -0.4 is 10.1 Å². The summed E-state index contributed by atoms with van der Waals surface area (Å²) in [7, 11) is 0. The lowest BCUT2D eigenvalue weighted by molar-refractivity contribution is 0.270. The van der Waals surface area contributed by atoms with Gasteiger partial charge in [0.15, 0.2) is 0 Å². The molecule has 0 aliphatic heterocycles. The van der Waals surface area contributed by atoms with Crippen LogP contribution >= 0.6 is 11.6 Å². The number of furan rings is 1. The number of ether oxygens (including phenoxy) is 1. The zero-order valence-corrected chi connectivity index (χ0v) is 13.2. The Hall–Kier alpha value is -1.45. The molecule has 0 radical (unpaired) electrons. The molecular formula is C17H20ClNO2. The van der Waals surface area contributed by atoms with Crippen LogP contribution in [0.25, 0.3) is 0 Å². The predicted octanol–water partition coefficient (Wildman–Crippen LogP) is 4.38. The molecule has 1 aromatic heterocycles. The molecule has 1 aliphatic carbocycles. The van der Waals surface area contributed by atoms with Gasteiger partial charge in [0.05, 0.1) is 6.26 Å².